The topological polar surface area (TPSA) is 80.2 Å². The van der Waals surface area contributed by atoms with E-state index in [0.717, 1.165) is 11.1 Å². The Kier molecular flexibility index (Phi) is 6.71. The molecule has 0 saturated heterocycles. The minimum atomic E-state index is -0.382. The van der Waals surface area contributed by atoms with Gasteiger partial charge in [0.25, 0.3) is 5.91 Å². The van der Waals surface area contributed by atoms with Crippen LogP contribution in [-0.2, 0) is 6.61 Å². The van der Waals surface area contributed by atoms with Gasteiger partial charge in [-0.05, 0) is 54.1 Å². The van der Waals surface area contributed by atoms with E-state index in [1.165, 1.54) is 30.5 Å². The first kappa shape index (κ1) is 20.2. The van der Waals surface area contributed by atoms with E-state index >= 15 is 0 Å². The molecule has 0 aliphatic carbocycles. The Balaban J connectivity index is 1.63. The molecule has 0 aromatic heterocycles. The van der Waals surface area contributed by atoms with Crippen LogP contribution in [0.15, 0.2) is 71.8 Å². The number of hydrogen-bond acceptors (Lipinski definition) is 5. The molecular weight excluding hydrogens is 392 g/mol. The van der Waals surface area contributed by atoms with E-state index in [1.54, 1.807) is 25.3 Å². The quantitative estimate of drug-likeness (QED) is 0.447. The number of hydrogen-bond donors (Lipinski definition) is 2. The van der Waals surface area contributed by atoms with E-state index in [4.69, 9.17) is 21.1 Å². The van der Waals surface area contributed by atoms with Crippen LogP contribution in [0.5, 0.6) is 17.2 Å². The summed E-state index contributed by atoms with van der Waals surface area (Å²) in [4.78, 5) is 12.0. The molecule has 2 N–H and O–H groups in total. The van der Waals surface area contributed by atoms with Crippen molar-refractivity contribution in [2.45, 2.75) is 6.61 Å². The number of nitrogens with one attached hydrogen (secondary N) is 1. The standard InChI is InChI=1S/C22H19ClN2O4/c1-28-21-12-15(13-24-25-22(27)16-7-9-18(26)10-8-16)6-11-20(21)29-14-17-4-2-3-5-19(17)23/h2-13,26H,14H2,1H3,(H,25,27)/b24-13+. The number of carbonyl (C=O) groups is 1. The molecule has 0 heterocycles. The summed E-state index contributed by atoms with van der Waals surface area (Å²) in [5.41, 5.74) is 4.42. The minimum Gasteiger partial charge on any atom is -0.508 e. The van der Waals surface area contributed by atoms with Gasteiger partial charge in [-0.15, -0.1) is 0 Å². The Morgan fingerprint density at radius 1 is 1.10 bits per heavy atom. The highest BCUT2D eigenvalue weighted by atomic mass is 35.5. The van der Waals surface area contributed by atoms with Crippen LogP contribution in [0.1, 0.15) is 21.5 Å². The van der Waals surface area contributed by atoms with Crippen LogP contribution in [-0.4, -0.2) is 24.3 Å². The molecule has 7 heteroatoms. The van der Waals surface area contributed by atoms with E-state index in [9.17, 15) is 9.90 Å². The predicted molar refractivity (Wildman–Crippen MR) is 112 cm³/mol. The average molecular weight is 411 g/mol. The second-order valence-corrected chi connectivity index (χ2v) is 6.44. The number of nitrogens with zero attached hydrogens (tertiary/aromatic N) is 1. The fourth-order valence-electron chi connectivity index (χ4n) is 2.50. The smallest absolute Gasteiger partial charge is 0.271 e. The summed E-state index contributed by atoms with van der Waals surface area (Å²) in [5.74, 6) is 0.811. The van der Waals surface area contributed by atoms with Crippen LogP contribution in [0.2, 0.25) is 5.02 Å². The molecular formula is C22H19ClN2O4. The molecule has 0 atom stereocenters. The molecule has 0 bridgehead atoms. The molecule has 0 spiro atoms. The van der Waals surface area contributed by atoms with Gasteiger partial charge in [0, 0.05) is 16.1 Å². The molecule has 0 fully saturated rings. The zero-order valence-electron chi connectivity index (χ0n) is 15.6. The van der Waals surface area contributed by atoms with E-state index in [2.05, 4.69) is 10.5 Å². The summed E-state index contributed by atoms with van der Waals surface area (Å²) in [6, 6.07) is 18.7. The molecule has 6 nitrogen and oxygen atoms in total. The van der Waals surface area contributed by atoms with Crippen LogP contribution in [0.25, 0.3) is 0 Å². The SMILES string of the molecule is COc1cc(/C=N/NC(=O)c2ccc(O)cc2)ccc1OCc1ccccc1Cl. The average Bonchev–Trinajstić information content (AvgIpc) is 2.74. The van der Waals surface area contributed by atoms with E-state index in [0.29, 0.717) is 28.7 Å². The third kappa shape index (κ3) is 5.49. The minimum absolute atomic E-state index is 0.0917. The summed E-state index contributed by atoms with van der Waals surface area (Å²) >= 11 is 6.15. The largest absolute Gasteiger partial charge is 0.508 e. The van der Waals surface area contributed by atoms with Gasteiger partial charge in [0.2, 0.25) is 0 Å². The first-order valence-corrected chi connectivity index (χ1v) is 9.11. The molecule has 0 aliphatic heterocycles. The lowest BCUT2D eigenvalue weighted by Crippen LogP contribution is -2.17. The van der Waals surface area contributed by atoms with Gasteiger partial charge in [-0.3, -0.25) is 4.79 Å². The molecule has 0 aliphatic rings. The third-order valence-electron chi connectivity index (χ3n) is 4.04. The molecule has 3 aromatic carbocycles. The fourth-order valence-corrected chi connectivity index (χ4v) is 2.69. The van der Waals surface area contributed by atoms with Crippen molar-refractivity contribution in [2.75, 3.05) is 7.11 Å². The van der Waals surface area contributed by atoms with Crippen molar-refractivity contribution in [3.8, 4) is 17.2 Å². The lowest BCUT2D eigenvalue weighted by molar-refractivity contribution is 0.0955. The normalized spacial score (nSPS) is 10.7. The van der Waals surface area contributed by atoms with Crippen molar-refractivity contribution < 1.29 is 19.4 Å². The Morgan fingerprint density at radius 2 is 1.86 bits per heavy atom. The molecule has 29 heavy (non-hydrogen) atoms. The molecule has 3 aromatic rings. The monoisotopic (exact) mass is 410 g/mol. The van der Waals surface area contributed by atoms with Gasteiger partial charge in [0.15, 0.2) is 11.5 Å². The highest BCUT2D eigenvalue weighted by Crippen LogP contribution is 2.29. The van der Waals surface area contributed by atoms with Crippen molar-refractivity contribution in [3.05, 3.63) is 88.4 Å². The first-order chi connectivity index (χ1) is 14.1. The number of methoxy groups -OCH3 is 1. The Bertz CT molecular complexity index is 1020. The number of benzene rings is 3. The van der Waals surface area contributed by atoms with Crippen molar-refractivity contribution in [1.82, 2.24) is 5.43 Å². The van der Waals surface area contributed by atoms with Crippen LogP contribution < -0.4 is 14.9 Å². The Labute approximate surface area is 173 Å². The van der Waals surface area contributed by atoms with Gasteiger partial charge in [0.05, 0.1) is 13.3 Å². The van der Waals surface area contributed by atoms with Crippen LogP contribution in [0.3, 0.4) is 0 Å². The van der Waals surface area contributed by atoms with Crippen molar-refractivity contribution in [2.24, 2.45) is 5.10 Å². The van der Waals surface area contributed by atoms with Crippen LogP contribution in [0.4, 0.5) is 0 Å². The highest BCUT2D eigenvalue weighted by Gasteiger charge is 2.08. The fraction of sp³-hybridized carbons (Fsp3) is 0.0909. The summed E-state index contributed by atoms with van der Waals surface area (Å²) in [6.07, 6.45) is 1.50. The first-order valence-electron chi connectivity index (χ1n) is 8.73. The zero-order valence-corrected chi connectivity index (χ0v) is 16.4. The van der Waals surface area contributed by atoms with Gasteiger partial charge in [-0.25, -0.2) is 5.43 Å². The zero-order chi connectivity index (χ0) is 20.6. The van der Waals surface area contributed by atoms with Gasteiger partial charge >= 0.3 is 0 Å². The van der Waals surface area contributed by atoms with Crippen LogP contribution >= 0.6 is 11.6 Å². The number of ether oxygens (including phenoxy) is 2. The van der Waals surface area contributed by atoms with Crippen molar-refractivity contribution >= 4 is 23.7 Å². The highest BCUT2D eigenvalue weighted by molar-refractivity contribution is 6.31. The number of hydrazone groups is 1. The van der Waals surface area contributed by atoms with Crippen LogP contribution in [0, 0.1) is 0 Å². The number of phenols is 1. The lowest BCUT2D eigenvalue weighted by atomic mass is 10.2. The molecule has 0 unspecified atom stereocenters. The Morgan fingerprint density at radius 3 is 2.59 bits per heavy atom. The number of aromatic hydroxyl groups is 1. The molecule has 1 amide bonds. The molecule has 148 valence electrons. The van der Waals surface area contributed by atoms with Crippen molar-refractivity contribution in [3.63, 3.8) is 0 Å². The maximum atomic E-state index is 12.0. The Hall–Kier alpha value is -3.51. The van der Waals surface area contributed by atoms with Gasteiger partial charge < -0.3 is 14.6 Å². The second-order valence-electron chi connectivity index (χ2n) is 6.04. The van der Waals surface area contributed by atoms with E-state index < -0.39 is 0 Å². The number of halogens is 1. The molecule has 0 saturated carbocycles. The summed E-state index contributed by atoms with van der Waals surface area (Å²) < 4.78 is 11.2. The van der Waals surface area contributed by atoms with Gasteiger partial charge in [-0.1, -0.05) is 29.8 Å². The summed E-state index contributed by atoms with van der Waals surface area (Å²) in [6.45, 7) is 0.312. The van der Waals surface area contributed by atoms with Crippen molar-refractivity contribution in [1.29, 1.82) is 0 Å². The molecule has 3 rings (SSSR count). The summed E-state index contributed by atoms with van der Waals surface area (Å²) in [7, 11) is 1.55. The van der Waals surface area contributed by atoms with E-state index in [1.807, 2.05) is 24.3 Å². The van der Waals surface area contributed by atoms with E-state index in [-0.39, 0.29) is 11.7 Å². The number of rotatable bonds is 7. The number of amides is 1. The summed E-state index contributed by atoms with van der Waals surface area (Å²) in [5, 5.41) is 13.8. The number of phenolic OH excluding ortho intramolecular Hbond substituents is 1. The molecule has 0 radical (unpaired) electrons. The lowest BCUT2D eigenvalue weighted by Gasteiger charge is -2.12. The van der Waals surface area contributed by atoms with Gasteiger partial charge in [-0.2, -0.15) is 5.10 Å². The predicted octanol–water partition coefficient (Wildman–Crippen LogP) is 4.40. The number of carbonyl (C=O) groups excluding carboxylic acids is 1. The second kappa shape index (κ2) is 9.61. The maximum absolute atomic E-state index is 12.0. The van der Waals surface area contributed by atoms with Gasteiger partial charge in [0.1, 0.15) is 12.4 Å². The maximum Gasteiger partial charge on any atom is 0.271 e. The third-order valence-corrected chi connectivity index (χ3v) is 4.41.